The number of hydrogen-bond acceptors (Lipinski definition) is 4. The molecule has 0 aliphatic rings. The van der Waals surface area contributed by atoms with Gasteiger partial charge in [0.1, 0.15) is 46.4 Å². The van der Waals surface area contributed by atoms with E-state index in [2.05, 4.69) is 72.8 Å². The molecule has 0 saturated heterocycles. The maximum Gasteiger partial charge on any atom is 0.261 e. The van der Waals surface area contributed by atoms with Crippen LogP contribution in [0.3, 0.4) is 0 Å². The van der Waals surface area contributed by atoms with E-state index in [1.165, 1.54) is 21.3 Å². The zero-order chi connectivity index (χ0) is 39.7. The lowest BCUT2D eigenvalue weighted by molar-refractivity contribution is -0.0000112. The second-order valence-electron chi connectivity index (χ2n) is 14.5. The van der Waals surface area contributed by atoms with Crippen molar-refractivity contribution in [3.8, 4) is 0 Å². The summed E-state index contributed by atoms with van der Waals surface area (Å²) in [5, 5.41) is 7.55. The van der Waals surface area contributed by atoms with E-state index in [0.29, 0.717) is 12.3 Å². The van der Waals surface area contributed by atoms with Crippen molar-refractivity contribution in [1.82, 2.24) is 9.13 Å². The van der Waals surface area contributed by atoms with E-state index in [1.54, 1.807) is 0 Å². The number of nitrogens with zero attached hydrogens (tertiary/aromatic N) is 2. The minimum Gasteiger partial charge on any atom is -1.00 e. The van der Waals surface area contributed by atoms with Crippen LogP contribution in [0.2, 0.25) is 0 Å². The summed E-state index contributed by atoms with van der Waals surface area (Å²) in [4.78, 5) is 57.0. The van der Waals surface area contributed by atoms with Crippen molar-refractivity contribution in [3.05, 3.63) is 236 Å². The van der Waals surface area contributed by atoms with Gasteiger partial charge in [0.15, 0.2) is 0 Å². The van der Waals surface area contributed by atoms with Gasteiger partial charge in [-0.1, -0.05) is 109 Å². The second-order valence-corrected chi connectivity index (χ2v) is 21.8. The Morgan fingerprint density at radius 1 is 0.305 bits per heavy atom. The third kappa shape index (κ3) is 6.88. The maximum atomic E-state index is 14.2. The number of halogens is 1. The Hall–Kier alpha value is -5.84. The number of benzene rings is 7. The minimum atomic E-state index is -2.34. The van der Waals surface area contributed by atoms with Crippen molar-refractivity contribution in [2.75, 3.05) is 12.3 Å². The zero-order valence-corrected chi connectivity index (χ0v) is 35.5. The Bertz CT molecular complexity index is 2600. The minimum absolute atomic E-state index is 0. The first-order chi connectivity index (χ1) is 28.4. The Labute approximate surface area is 353 Å². The average molecular weight is 875 g/mol. The van der Waals surface area contributed by atoms with Gasteiger partial charge in [0.25, 0.3) is 22.2 Å². The molecule has 2 aromatic heterocycles. The van der Waals surface area contributed by atoms with Crippen molar-refractivity contribution < 1.29 is 17.0 Å². The fourth-order valence-electron chi connectivity index (χ4n) is 8.74. The van der Waals surface area contributed by atoms with Gasteiger partial charge in [0.05, 0.1) is 47.0 Å². The smallest absolute Gasteiger partial charge is 0.261 e. The first kappa shape index (κ1) is 40.0. The van der Waals surface area contributed by atoms with Crippen molar-refractivity contribution >= 4 is 67.9 Å². The summed E-state index contributed by atoms with van der Waals surface area (Å²) in [6.45, 7) is 0.337. The van der Waals surface area contributed by atoms with E-state index in [4.69, 9.17) is 0 Å². The van der Waals surface area contributed by atoms with Crippen molar-refractivity contribution in [2.24, 2.45) is 0 Å². The van der Waals surface area contributed by atoms with Crippen LogP contribution < -0.4 is 71.0 Å². The summed E-state index contributed by atoms with van der Waals surface area (Å²) in [6.07, 6.45) is 1.05. The van der Waals surface area contributed by atoms with Gasteiger partial charge in [0.2, 0.25) is 0 Å². The van der Waals surface area contributed by atoms with Crippen LogP contribution in [-0.2, 0) is 13.1 Å². The Morgan fingerprint density at radius 2 is 0.492 bits per heavy atom. The highest BCUT2D eigenvalue weighted by molar-refractivity contribution is 7.96. The first-order valence-electron chi connectivity index (χ1n) is 19.4. The van der Waals surface area contributed by atoms with Gasteiger partial charge >= 0.3 is 0 Å². The normalized spacial score (nSPS) is 11.8. The third-order valence-electron chi connectivity index (χ3n) is 11.6. The molecule has 0 aliphatic heterocycles. The van der Waals surface area contributed by atoms with E-state index in [1.807, 2.05) is 109 Å². The SMILES string of the molecule is O=c1c2cc3c(=O)n(CC[P+](c4ccccc4)(c4ccccc4)c4ccccc4)c(=O)c3cc2c(=O)n1CC[P+](c1ccccc1)(c1ccccc1)c1ccccc1.[Br-]. The van der Waals surface area contributed by atoms with Crippen LogP contribution in [0.25, 0.3) is 21.5 Å². The number of hydrogen-bond donors (Lipinski definition) is 0. The molecule has 6 nitrogen and oxygen atoms in total. The van der Waals surface area contributed by atoms with E-state index >= 15 is 0 Å². The van der Waals surface area contributed by atoms with Crippen LogP contribution in [-0.4, -0.2) is 21.5 Å². The molecule has 9 rings (SSSR count). The van der Waals surface area contributed by atoms with E-state index in [-0.39, 0.29) is 51.6 Å². The van der Waals surface area contributed by atoms with Crippen LogP contribution in [0.15, 0.2) is 213 Å². The predicted octanol–water partition coefficient (Wildman–Crippen LogP) is 2.90. The van der Waals surface area contributed by atoms with Gasteiger partial charge < -0.3 is 17.0 Å². The highest BCUT2D eigenvalue weighted by Crippen LogP contribution is 2.56. The molecule has 0 radical (unpaired) electrons. The number of rotatable bonds is 12. The summed E-state index contributed by atoms with van der Waals surface area (Å²) in [5.74, 6) is 0. The molecule has 9 aromatic rings. The van der Waals surface area contributed by atoms with Gasteiger partial charge in [-0.3, -0.25) is 28.3 Å². The molecule has 0 N–H and O–H groups in total. The van der Waals surface area contributed by atoms with Gasteiger partial charge in [0, 0.05) is 0 Å². The zero-order valence-electron chi connectivity index (χ0n) is 32.1. The first-order valence-corrected chi connectivity index (χ1v) is 23.4. The molecule has 0 atom stereocenters. The molecule has 290 valence electrons. The molecular weight excluding hydrogens is 834 g/mol. The molecule has 0 fully saturated rings. The topological polar surface area (TPSA) is 78.1 Å². The molecule has 0 spiro atoms. The van der Waals surface area contributed by atoms with E-state index in [9.17, 15) is 19.2 Å². The van der Waals surface area contributed by atoms with Crippen molar-refractivity contribution in [2.45, 2.75) is 13.1 Å². The maximum absolute atomic E-state index is 14.2. The fourth-order valence-corrected chi connectivity index (χ4v) is 17.2. The van der Waals surface area contributed by atoms with Gasteiger partial charge in [-0.25, -0.2) is 0 Å². The van der Waals surface area contributed by atoms with Gasteiger partial charge in [-0.15, -0.1) is 0 Å². The van der Waals surface area contributed by atoms with Gasteiger partial charge in [-0.2, -0.15) is 0 Å². The summed E-state index contributed by atoms with van der Waals surface area (Å²) >= 11 is 0. The Morgan fingerprint density at radius 3 is 0.678 bits per heavy atom. The predicted molar refractivity (Wildman–Crippen MR) is 245 cm³/mol. The molecule has 2 heterocycles. The van der Waals surface area contributed by atoms with E-state index in [0.717, 1.165) is 31.8 Å². The number of aromatic nitrogens is 2. The average Bonchev–Trinajstić information content (AvgIpc) is 3.67. The van der Waals surface area contributed by atoms with Crippen LogP contribution in [0, 0.1) is 0 Å². The Balaban J connectivity index is 0.00000484. The lowest BCUT2D eigenvalue weighted by Crippen LogP contribution is -3.00. The van der Waals surface area contributed by atoms with Crippen LogP contribution in [0.4, 0.5) is 0 Å². The monoisotopic (exact) mass is 873 g/mol. The second kappa shape index (κ2) is 16.8. The fraction of sp³-hybridized carbons (Fsp3) is 0.0800. The molecule has 0 saturated carbocycles. The quantitative estimate of drug-likeness (QED) is 0.177. The van der Waals surface area contributed by atoms with Crippen molar-refractivity contribution in [1.29, 1.82) is 0 Å². The summed E-state index contributed by atoms with van der Waals surface area (Å²) < 4.78 is 2.60. The summed E-state index contributed by atoms with van der Waals surface area (Å²) in [6, 6.07) is 64.9. The van der Waals surface area contributed by atoms with Crippen LogP contribution in [0.1, 0.15) is 0 Å². The molecule has 9 heteroatoms. The number of fused-ring (bicyclic) bond motifs is 2. The van der Waals surface area contributed by atoms with Gasteiger partial charge in [-0.05, 0) is 84.9 Å². The van der Waals surface area contributed by atoms with E-state index < -0.39 is 36.8 Å². The lowest BCUT2D eigenvalue weighted by Gasteiger charge is -2.27. The molecule has 0 unspecified atom stereocenters. The molecule has 0 aliphatic carbocycles. The molecule has 7 aromatic carbocycles. The molecular formula is C50H40BrN2O4P2+. The van der Waals surface area contributed by atoms with Crippen LogP contribution >= 0.6 is 14.5 Å². The standard InChI is InChI=1S/C50H40N2O4P2.BrH/c53-47-43-35-45-46(50(56)52(49(45)55)32-34-58(40-25-13-4-14-26-40,41-27-15-5-16-28-41)42-29-17-6-18-30-42)36-44(43)48(54)51(47)31-33-57(37-19-7-1-8-20-37,38-21-9-2-10-22-38)39-23-11-3-12-24-39;/h1-30,35-36H,31-34H2;1H/q+2;/p-1. The molecule has 59 heavy (non-hydrogen) atoms. The summed E-state index contributed by atoms with van der Waals surface area (Å²) in [7, 11) is -4.69. The van der Waals surface area contributed by atoms with Crippen LogP contribution in [0.5, 0.6) is 0 Å². The van der Waals surface area contributed by atoms with Crippen molar-refractivity contribution in [3.63, 3.8) is 0 Å². The Kier molecular flexibility index (Phi) is 11.4. The highest BCUT2D eigenvalue weighted by Gasteiger charge is 2.46. The third-order valence-corrected chi connectivity index (χ3v) is 20.4. The summed E-state index contributed by atoms with van der Waals surface area (Å²) in [5.41, 5.74) is -1.79. The largest absolute Gasteiger partial charge is 1.00 e. The lowest BCUT2D eigenvalue weighted by atomic mass is 10.1. The molecule has 0 amide bonds. The molecule has 0 bridgehead atoms. The highest BCUT2D eigenvalue weighted by atomic mass is 79.9.